The monoisotopic (exact) mass is 292 g/mol. The van der Waals surface area contributed by atoms with E-state index in [2.05, 4.69) is 15.9 Å². The van der Waals surface area contributed by atoms with Crippen molar-refractivity contribution in [2.24, 2.45) is 0 Å². The highest BCUT2D eigenvalue weighted by atomic mass is 79.9. The van der Waals surface area contributed by atoms with Gasteiger partial charge in [0.1, 0.15) is 5.75 Å². The Balaban J connectivity index is 3.23. The molecular weight excluding hydrogens is 283 g/mol. The van der Waals surface area contributed by atoms with Gasteiger partial charge in [0.15, 0.2) is 0 Å². The summed E-state index contributed by atoms with van der Waals surface area (Å²) in [6.07, 6.45) is -0.0682. The van der Waals surface area contributed by atoms with Crippen LogP contribution >= 0.6 is 27.5 Å². The molecule has 0 saturated heterocycles. The van der Waals surface area contributed by atoms with Gasteiger partial charge >= 0.3 is 5.97 Å². The summed E-state index contributed by atoms with van der Waals surface area (Å²) in [6, 6.07) is 3.35. The molecule has 0 aliphatic carbocycles. The topological polar surface area (TPSA) is 46.5 Å². The van der Waals surface area contributed by atoms with Crippen LogP contribution in [-0.2, 0) is 16.5 Å². The second-order valence-corrected chi connectivity index (χ2v) is 3.95. The van der Waals surface area contributed by atoms with Crippen molar-refractivity contribution in [2.75, 3.05) is 7.11 Å². The third-order valence-corrected chi connectivity index (χ3v) is 2.78. The van der Waals surface area contributed by atoms with E-state index in [-0.39, 0.29) is 6.42 Å². The van der Waals surface area contributed by atoms with Crippen molar-refractivity contribution in [2.45, 2.75) is 11.8 Å². The van der Waals surface area contributed by atoms with Crippen LogP contribution in [0.4, 0.5) is 0 Å². The minimum Gasteiger partial charge on any atom is -0.496 e. The van der Waals surface area contributed by atoms with E-state index < -0.39 is 5.97 Å². The SMILES string of the molecule is COc1cc(Cl)cc(CBr)c1CC(=O)O. The molecule has 0 radical (unpaired) electrons. The zero-order valence-corrected chi connectivity index (χ0v) is 10.4. The number of carbonyl (C=O) groups is 1. The first-order valence-electron chi connectivity index (χ1n) is 4.21. The van der Waals surface area contributed by atoms with E-state index in [1.807, 2.05) is 0 Å². The van der Waals surface area contributed by atoms with E-state index in [9.17, 15) is 4.79 Å². The number of hydrogen-bond donors (Lipinski definition) is 1. The van der Waals surface area contributed by atoms with Crippen molar-refractivity contribution < 1.29 is 14.6 Å². The van der Waals surface area contributed by atoms with Crippen molar-refractivity contribution in [3.63, 3.8) is 0 Å². The number of ether oxygens (including phenoxy) is 1. The standard InChI is InChI=1S/C10H10BrClO3/c1-15-9-3-7(12)2-6(5-11)8(9)4-10(13)14/h2-3H,4-5H2,1H3,(H,13,14). The van der Waals surface area contributed by atoms with Crippen molar-refractivity contribution in [3.05, 3.63) is 28.3 Å². The number of halogens is 2. The largest absolute Gasteiger partial charge is 0.496 e. The molecule has 1 rings (SSSR count). The van der Waals surface area contributed by atoms with Crippen LogP contribution in [0.2, 0.25) is 5.02 Å². The molecule has 1 N–H and O–H groups in total. The molecule has 0 aliphatic heterocycles. The van der Waals surface area contributed by atoms with Gasteiger partial charge in [0.2, 0.25) is 0 Å². The average molecular weight is 294 g/mol. The first kappa shape index (κ1) is 12.3. The Morgan fingerprint density at radius 3 is 2.73 bits per heavy atom. The number of carboxylic acid groups (broad SMARTS) is 1. The Bertz CT molecular complexity index is 354. The molecule has 0 fully saturated rings. The Kier molecular flexibility index (Phi) is 4.42. The summed E-state index contributed by atoms with van der Waals surface area (Å²) in [5.74, 6) is -0.378. The maximum Gasteiger partial charge on any atom is 0.307 e. The quantitative estimate of drug-likeness (QED) is 0.868. The number of aliphatic carboxylic acids is 1. The zero-order valence-electron chi connectivity index (χ0n) is 8.09. The van der Waals surface area contributed by atoms with Crippen LogP contribution in [0.1, 0.15) is 11.1 Å². The summed E-state index contributed by atoms with van der Waals surface area (Å²) in [7, 11) is 1.50. The molecule has 0 saturated carbocycles. The van der Waals surface area contributed by atoms with Crippen LogP contribution in [0.3, 0.4) is 0 Å². The van der Waals surface area contributed by atoms with Gasteiger partial charge in [-0.3, -0.25) is 4.79 Å². The fraction of sp³-hybridized carbons (Fsp3) is 0.300. The van der Waals surface area contributed by atoms with E-state index in [0.717, 1.165) is 5.56 Å². The summed E-state index contributed by atoms with van der Waals surface area (Å²) in [4.78, 5) is 10.7. The maximum atomic E-state index is 10.7. The molecular formula is C10H10BrClO3. The first-order chi connectivity index (χ1) is 7.08. The van der Waals surface area contributed by atoms with E-state index >= 15 is 0 Å². The van der Waals surface area contributed by atoms with Crippen LogP contribution < -0.4 is 4.74 Å². The van der Waals surface area contributed by atoms with Crippen LogP contribution in [0.5, 0.6) is 5.75 Å². The van der Waals surface area contributed by atoms with Crippen molar-refractivity contribution >= 4 is 33.5 Å². The molecule has 1 aromatic rings. The lowest BCUT2D eigenvalue weighted by atomic mass is 10.0. The molecule has 0 spiro atoms. The lowest BCUT2D eigenvalue weighted by Crippen LogP contribution is -2.05. The average Bonchev–Trinajstić information content (AvgIpc) is 2.19. The van der Waals surface area contributed by atoms with E-state index in [1.165, 1.54) is 7.11 Å². The molecule has 0 aromatic heterocycles. The Morgan fingerprint density at radius 1 is 1.60 bits per heavy atom. The number of hydrogen-bond acceptors (Lipinski definition) is 2. The minimum absolute atomic E-state index is 0.0682. The highest BCUT2D eigenvalue weighted by Crippen LogP contribution is 2.29. The van der Waals surface area contributed by atoms with Gasteiger partial charge in [-0.1, -0.05) is 27.5 Å². The fourth-order valence-electron chi connectivity index (χ4n) is 1.32. The molecule has 0 aliphatic rings. The normalized spacial score (nSPS) is 10.1. The Labute approximate surface area is 101 Å². The van der Waals surface area contributed by atoms with Gasteiger partial charge in [-0.15, -0.1) is 0 Å². The van der Waals surface area contributed by atoms with Gasteiger partial charge in [-0.25, -0.2) is 0 Å². The molecule has 82 valence electrons. The third kappa shape index (κ3) is 3.11. The van der Waals surface area contributed by atoms with Gasteiger partial charge in [0.05, 0.1) is 13.5 Å². The Hall–Kier alpha value is -0.740. The van der Waals surface area contributed by atoms with E-state index in [0.29, 0.717) is 21.7 Å². The number of benzene rings is 1. The molecule has 0 amide bonds. The Morgan fingerprint density at radius 2 is 2.27 bits per heavy atom. The molecule has 15 heavy (non-hydrogen) atoms. The van der Waals surface area contributed by atoms with E-state index in [1.54, 1.807) is 12.1 Å². The van der Waals surface area contributed by atoms with Crippen LogP contribution in [0.25, 0.3) is 0 Å². The lowest BCUT2D eigenvalue weighted by molar-refractivity contribution is -0.136. The van der Waals surface area contributed by atoms with Crippen LogP contribution in [0.15, 0.2) is 12.1 Å². The fourth-order valence-corrected chi connectivity index (χ4v) is 2.05. The molecule has 0 atom stereocenters. The summed E-state index contributed by atoms with van der Waals surface area (Å²) in [5.41, 5.74) is 1.49. The number of methoxy groups -OCH3 is 1. The summed E-state index contributed by atoms with van der Waals surface area (Å²) < 4.78 is 5.10. The van der Waals surface area contributed by atoms with Crippen molar-refractivity contribution in [1.82, 2.24) is 0 Å². The molecule has 0 heterocycles. The van der Waals surface area contributed by atoms with Crippen molar-refractivity contribution in [1.29, 1.82) is 0 Å². The molecule has 5 heteroatoms. The van der Waals surface area contributed by atoms with Crippen LogP contribution in [-0.4, -0.2) is 18.2 Å². The first-order valence-corrected chi connectivity index (χ1v) is 5.71. The van der Waals surface area contributed by atoms with Gasteiger partial charge in [-0.05, 0) is 17.7 Å². The number of carboxylic acids is 1. The van der Waals surface area contributed by atoms with Crippen molar-refractivity contribution in [3.8, 4) is 5.75 Å². The second-order valence-electron chi connectivity index (χ2n) is 2.95. The predicted molar refractivity (Wildman–Crippen MR) is 62.0 cm³/mol. The van der Waals surface area contributed by atoms with E-state index in [4.69, 9.17) is 21.4 Å². The predicted octanol–water partition coefficient (Wildman–Crippen LogP) is 2.87. The second kappa shape index (κ2) is 5.37. The lowest BCUT2D eigenvalue weighted by Gasteiger charge is -2.11. The van der Waals surface area contributed by atoms with Gasteiger partial charge in [-0.2, -0.15) is 0 Å². The highest BCUT2D eigenvalue weighted by molar-refractivity contribution is 9.08. The third-order valence-electron chi connectivity index (χ3n) is 1.96. The van der Waals surface area contributed by atoms with Gasteiger partial charge in [0, 0.05) is 15.9 Å². The highest BCUT2D eigenvalue weighted by Gasteiger charge is 2.13. The smallest absolute Gasteiger partial charge is 0.307 e. The molecule has 1 aromatic carbocycles. The molecule has 0 unspecified atom stereocenters. The number of alkyl halides is 1. The van der Waals surface area contributed by atoms with Gasteiger partial charge < -0.3 is 9.84 Å². The maximum absolute atomic E-state index is 10.7. The molecule has 3 nitrogen and oxygen atoms in total. The zero-order chi connectivity index (χ0) is 11.4. The number of rotatable bonds is 4. The molecule has 0 bridgehead atoms. The summed E-state index contributed by atoms with van der Waals surface area (Å²) >= 11 is 9.16. The summed E-state index contributed by atoms with van der Waals surface area (Å²) in [6.45, 7) is 0. The minimum atomic E-state index is -0.891. The summed E-state index contributed by atoms with van der Waals surface area (Å²) in [5, 5.41) is 9.86. The van der Waals surface area contributed by atoms with Crippen LogP contribution in [0, 0.1) is 0 Å². The van der Waals surface area contributed by atoms with Gasteiger partial charge in [0.25, 0.3) is 0 Å².